The second-order valence-corrected chi connectivity index (χ2v) is 6.57. The van der Waals surface area contributed by atoms with Gasteiger partial charge in [-0.2, -0.15) is 5.10 Å². The fourth-order valence-corrected chi connectivity index (χ4v) is 2.93. The summed E-state index contributed by atoms with van der Waals surface area (Å²) in [4.78, 5) is 12.4. The normalized spacial score (nSPS) is 10.4. The van der Waals surface area contributed by atoms with Crippen LogP contribution in [0.5, 0.6) is 0 Å². The molecular formula is C22H26ClFN4O. The Morgan fingerprint density at radius 1 is 1.03 bits per heavy atom. The lowest BCUT2D eigenvalue weighted by molar-refractivity contribution is -0.120. The Morgan fingerprint density at radius 2 is 1.76 bits per heavy atom. The van der Waals surface area contributed by atoms with Crippen molar-refractivity contribution in [3.63, 3.8) is 0 Å². The molecule has 0 aliphatic carbocycles. The van der Waals surface area contributed by atoms with Crippen molar-refractivity contribution in [1.82, 2.24) is 20.4 Å². The lowest BCUT2D eigenvalue weighted by atomic mass is 10.1. The van der Waals surface area contributed by atoms with Gasteiger partial charge in [0.15, 0.2) is 0 Å². The Labute approximate surface area is 176 Å². The zero-order chi connectivity index (χ0) is 19.8. The molecule has 7 heteroatoms. The minimum Gasteiger partial charge on any atom is -0.355 e. The van der Waals surface area contributed by atoms with E-state index in [9.17, 15) is 9.18 Å². The van der Waals surface area contributed by atoms with Crippen molar-refractivity contribution in [2.75, 3.05) is 19.6 Å². The highest BCUT2D eigenvalue weighted by Gasteiger charge is 2.15. The molecule has 0 aliphatic heterocycles. The number of rotatable bonds is 9. The van der Waals surface area contributed by atoms with Gasteiger partial charge in [-0.1, -0.05) is 25.1 Å². The fourth-order valence-electron chi connectivity index (χ4n) is 2.93. The zero-order valence-corrected chi connectivity index (χ0v) is 17.2. The van der Waals surface area contributed by atoms with Crippen molar-refractivity contribution in [1.29, 1.82) is 0 Å². The molecule has 0 spiro atoms. The number of aromatic nitrogens is 2. The van der Waals surface area contributed by atoms with Gasteiger partial charge in [0, 0.05) is 30.4 Å². The maximum atomic E-state index is 13.3. The number of carbonyl (C=O) groups is 1. The highest BCUT2D eigenvalue weighted by atomic mass is 35.5. The Kier molecular flexibility index (Phi) is 8.83. The quantitative estimate of drug-likeness (QED) is 0.522. The largest absolute Gasteiger partial charge is 0.355 e. The van der Waals surface area contributed by atoms with Crippen LogP contribution in [0.4, 0.5) is 4.39 Å². The maximum Gasteiger partial charge on any atom is 0.224 e. The molecular weight excluding hydrogens is 391 g/mol. The Bertz CT molecular complexity index is 897. The third-order valence-electron chi connectivity index (χ3n) is 4.33. The molecule has 0 aliphatic rings. The van der Waals surface area contributed by atoms with Crippen LogP contribution < -0.4 is 10.6 Å². The van der Waals surface area contributed by atoms with E-state index in [1.807, 2.05) is 36.5 Å². The summed E-state index contributed by atoms with van der Waals surface area (Å²) in [6.07, 6.45) is 3.14. The molecule has 29 heavy (non-hydrogen) atoms. The summed E-state index contributed by atoms with van der Waals surface area (Å²) in [6, 6.07) is 15.9. The molecule has 0 bridgehead atoms. The van der Waals surface area contributed by atoms with Crippen molar-refractivity contribution < 1.29 is 9.18 Å². The standard InChI is InChI=1S/C22H25FN4O.ClH/c1-2-12-24-13-14-25-21(28)15-18-16-27(20-6-4-3-5-7-20)26-22(18)17-8-10-19(23)11-9-17;/h3-11,16,24H,2,12-15H2,1H3,(H,25,28);1H. The molecule has 0 saturated heterocycles. The van der Waals surface area contributed by atoms with Crippen molar-refractivity contribution in [3.8, 4) is 16.9 Å². The molecule has 5 nitrogen and oxygen atoms in total. The van der Waals surface area contributed by atoms with Crippen molar-refractivity contribution in [2.24, 2.45) is 0 Å². The fraction of sp³-hybridized carbons (Fsp3) is 0.273. The van der Waals surface area contributed by atoms with Crippen LogP contribution in [0.2, 0.25) is 0 Å². The highest BCUT2D eigenvalue weighted by Crippen LogP contribution is 2.24. The molecule has 0 saturated carbocycles. The summed E-state index contributed by atoms with van der Waals surface area (Å²) < 4.78 is 15.1. The van der Waals surface area contributed by atoms with Crippen LogP contribution in [-0.4, -0.2) is 35.3 Å². The van der Waals surface area contributed by atoms with Crippen molar-refractivity contribution in [2.45, 2.75) is 19.8 Å². The molecule has 1 amide bonds. The summed E-state index contributed by atoms with van der Waals surface area (Å²) in [6.45, 7) is 4.37. The van der Waals surface area contributed by atoms with E-state index in [-0.39, 0.29) is 30.6 Å². The van der Waals surface area contributed by atoms with Gasteiger partial charge in [0.05, 0.1) is 17.8 Å². The molecule has 0 fully saturated rings. The number of hydrogen-bond donors (Lipinski definition) is 2. The second kappa shape index (κ2) is 11.3. The van der Waals surface area contributed by atoms with Gasteiger partial charge in [0.1, 0.15) is 5.82 Å². The first-order valence-electron chi connectivity index (χ1n) is 9.54. The van der Waals surface area contributed by atoms with E-state index in [0.717, 1.165) is 36.3 Å². The highest BCUT2D eigenvalue weighted by molar-refractivity contribution is 5.85. The van der Waals surface area contributed by atoms with E-state index in [2.05, 4.69) is 22.7 Å². The minimum absolute atomic E-state index is 0. The lowest BCUT2D eigenvalue weighted by Gasteiger charge is -2.06. The van der Waals surface area contributed by atoms with Crippen LogP contribution in [0, 0.1) is 5.82 Å². The molecule has 3 aromatic rings. The minimum atomic E-state index is -0.301. The number of para-hydroxylation sites is 1. The van der Waals surface area contributed by atoms with Crippen molar-refractivity contribution in [3.05, 3.63) is 72.2 Å². The average molecular weight is 417 g/mol. The van der Waals surface area contributed by atoms with E-state index in [1.165, 1.54) is 12.1 Å². The predicted molar refractivity (Wildman–Crippen MR) is 116 cm³/mol. The van der Waals surface area contributed by atoms with E-state index in [1.54, 1.807) is 16.8 Å². The number of nitrogens with zero attached hydrogens (tertiary/aromatic N) is 2. The lowest BCUT2D eigenvalue weighted by Crippen LogP contribution is -2.33. The third-order valence-corrected chi connectivity index (χ3v) is 4.33. The summed E-state index contributed by atoms with van der Waals surface area (Å²) in [5.74, 6) is -0.362. The Hall–Kier alpha value is -2.70. The first-order valence-corrected chi connectivity index (χ1v) is 9.54. The van der Waals surface area contributed by atoms with Gasteiger partial charge < -0.3 is 10.6 Å². The molecule has 2 N–H and O–H groups in total. The Morgan fingerprint density at radius 3 is 2.45 bits per heavy atom. The molecule has 1 heterocycles. The van der Waals surface area contributed by atoms with Crippen LogP contribution >= 0.6 is 12.4 Å². The zero-order valence-electron chi connectivity index (χ0n) is 16.4. The topological polar surface area (TPSA) is 58.9 Å². The number of benzene rings is 2. The number of amides is 1. The van der Waals surface area contributed by atoms with Gasteiger partial charge >= 0.3 is 0 Å². The van der Waals surface area contributed by atoms with E-state index in [4.69, 9.17) is 0 Å². The van der Waals surface area contributed by atoms with E-state index >= 15 is 0 Å². The molecule has 0 radical (unpaired) electrons. The van der Waals surface area contributed by atoms with Gasteiger partial charge in [-0.3, -0.25) is 4.79 Å². The molecule has 0 atom stereocenters. The first kappa shape index (κ1) is 22.6. The van der Waals surface area contributed by atoms with Crippen LogP contribution in [0.1, 0.15) is 18.9 Å². The maximum absolute atomic E-state index is 13.3. The van der Waals surface area contributed by atoms with Crippen LogP contribution in [0.25, 0.3) is 16.9 Å². The molecule has 2 aromatic carbocycles. The average Bonchev–Trinajstić information content (AvgIpc) is 3.13. The monoisotopic (exact) mass is 416 g/mol. The van der Waals surface area contributed by atoms with Crippen molar-refractivity contribution >= 4 is 18.3 Å². The molecule has 154 valence electrons. The number of carbonyl (C=O) groups excluding carboxylic acids is 1. The van der Waals surface area contributed by atoms with Gasteiger partial charge in [0.2, 0.25) is 5.91 Å². The van der Waals surface area contributed by atoms with Crippen LogP contribution in [0.3, 0.4) is 0 Å². The number of halogens is 2. The SMILES string of the molecule is CCCNCCNC(=O)Cc1cn(-c2ccccc2)nc1-c1ccc(F)cc1.Cl. The van der Waals surface area contributed by atoms with Gasteiger partial charge in [-0.05, 0) is 49.4 Å². The van der Waals surface area contributed by atoms with Gasteiger partial charge in [0.25, 0.3) is 0 Å². The van der Waals surface area contributed by atoms with Gasteiger partial charge in [-0.15, -0.1) is 12.4 Å². The number of hydrogen-bond acceptors (Lipinski definition) is 3. The first-order chi connectivity index (χ1) is 13.7. The van der Waals surface area contributed by atoms with Gasteiger partial charge in [-0.25, -0.2) is 9.07 Å². The summed E-state index contributed by atoms with van der Waals surface area (Å²) in [5.41, 5.74) is 3.17. The summed E-state index contributed by atoms with van der Waals surface area (Å²) >= 11 is 0. The number of nitrogens with one attached hydrogen (secondary N) is 2. The smallest absolute Gasteiger partial charge is 0.224 e. The molecule has 0 unspecified atom stereocenters. The molecule has 1 aromatic heterocycles. The van der Waals surface area contributed by atoms with E-state index in [0.29, 0.717) is 12.2 Å². The molecule has 3 rings (SSSR count). The summed E-state index contributed by atoms with van der Waals surface area (Å²) in [7, 11) is 0. The van der Waals surface area contributed by atoms with Crippen LogP contribution in [0.15, 0.2) is 60.8 Å². The second-order valence-electron chi connectivity index (χ2n) is 6.57. The van der Waals surface area contributed by atoms with E-state index < -0.39 is 0 Å². The third kappa shape index (κ3) is 6.41. The predicted octanol–water partition coefficient (Wildman–Crippen LogP) is 3.76. The summed E-state index contributed by atoms with van der Waals surface area (Å²) in [5, 5.41) is 10.8. The Balaban J connectivity index is 0.00000300. The van der Waals surface area contributed by atoms with Crippen LogP contribution in [-0.2, 0) is 11.2 Å².